The van der Waals surface area contributed by atoms with Crippen LogP contribution >= 0.6 is 0 Å². The molecule has 2 unspecified atom stereocenters. The van der Waals surface area contributed by atoms with Crippen molar-refractivity contribution in [3.63, 3.8) is 0 Å². The molecule has 1 saturated carbocycles. The molecule has 2 atom stereocenters. The topological polar surface area (TPSA) is 51.4 Å². The van der Waals surface area contributed by atoms with Gasteiger partial charge in [-0.05, 0) is 37.0 Å². The molecule has 1 saturated heterocycles. The molecular formula is C17H21N3O. The number of nitrogens with two attached hydrogens (primary N) is 1. The number of fused-ring (bicyclic) bond motifs is 2. The van der Waals surface area contributed by atoms with Gasteiger partial charge in [0.25, 0.3) is 0 Å². The number of hydrogen-bond acceptors (Lipinski definition) is 4. The Hall–Kier alpha value is -1.65. The highest BCUT2D eigenvalue weighted by atomic mass is 16.5. The lowest BCUT2D eigenvalue weighted by Crippen LogP contribution is -2.49. The average molecular weight is 283 g/mol. The minimum absolute atomic E-state index is 0.383. The summed E-state index contributed by atoms with van der Waals surface area (Å²) in [4.78, 5) is 7.32. The van der Waals surface area contributed by atoms with Gasteiger partial charge in [0.2, 0.25) is 0 Å². The molecule has 0 spiro atoms. The minimum Gasteiger partial charge on any atom is -0.374 e. The SMILES string of the molecule is NCc1cc(N2CCOC3CCCC32)nc2ccccc12. The number of nitrogens with zero attached hydrogens (tertiary/aromatic N) is 2. The molecule has 1 aromatic carbocycles. The number of anilines is 1. The first-order chi connectivity index (χ1) is 10.4. The lowest BCUT2D eigenvalue weighted by atomic mass is 10.1. The summed E-state index contributed by atoms with van der Waals surface area (Å²) in [6.07, 6.45) is 4.02. The summed E-state index contributed by atoms with van der Waals surface area (Å²) in [6, 6.07) is 10.9. The molecule has 4 rings (SSSR count). The van der Waals surface area contributed by atoms with Crippen molar-refractivity contribution in [2.75, 3.05) is 18.1 Å². The average Bonchev–Trinajstić information content (AvgIpc) is 3.02. The smallest absolute Gasteiger partial charge is 0.129 e. The second-order valence-electron chi connectivity index (χ2n) is 5.96. The van der Waals surface area contributed by atoms with E-state index in [0.717, 1.165) is 24.5 Å². The zero-order valence-corrected chi connectivity index (χ0v) is 12.2. The van der Waals surface area contributed by atoms with Crippen LogP contribution in [0.15, 0.2) is 30.3 Å². The third-order valence-corrected chi connectivity index (χ3v) is 4.78. The number of rotatable bonds is 2. The molecule has 0 radical (unpaired) electrons. The van der Waals surface area contributed by atoms with Crippen molar-refractivity contribution < 1.29 is 4.74 Å². The van der Waals surface area contributed by atoms with Gasteiger partial charge in [0.1, 0.15) is 5.82 Å². The number of aromatic nitrogens is 1. The molecule has 1 aromatic heterocycles. The molecule has 4 heteroatoms. The van der Waals surface area contributed by atoms with Crippen molar-refractivity contribution in [1.29, 1.82) is 0 Å². The van der Waals surface area contributed by atoms with E-state index in [0.29, 0.717) is 18.7 Å². The summed E-state index contributed by atoms with van der Waals surface area (Å²) < 4.78 is 5.90. The molecule has 0 bridgehead atoms. The Bertz CT molecular complexity index is 658. The second-order valence-corrected chi connectivity index (χ2v) is 5.96. The first-order valence-electron chi connectivity index (χ1n) is 7.84. The monoisotopic (exact) mass is 283 g/mol. The number of ether oxygens (including phenoxy) is 1. The van der Waals surface area contributed by atoms with Crippen molar-refractivity contribution in [3.8, 4) is 0 Å². The maximum Gasteiger partial charge on any atom is 0.129 e. The molecule has 1 aliphatic heterocycles. The normalized spacial score (nSPS) is 25.3. The molecule has 1 aliphatic carbocycles. The molecular weight excluding hydrogens is 262 g/mol. The molecule has 4 nitrogen and oxygen atoms in total. The highest BCUT2D eigenvalue weighted by molar-refractivity contribution is 5.84. The van der Waals surface area contributed by atoms with Crippen LogP contribution in [0.2, 0.25) is 0 Å². The van der Waals surface area contributed by atoms with E-state index in [1.165, 1.54) is 30.2 Å². The van der Waals surface area contributed by atoms with Gasteiger partial charge in [0, 0.05) is 18.5 Å². The van der Waals surface area contributed by atoms with Crippen LogP contribution in [0.4, 0.5) is 5.82 Å². The standard InChI is InChI=1S/C17H21N3O/c18-11-12-10-17(19-14-5-2-1-4-13(12)14)20-8-9-21-16-7-3-6-15(16)20/h1-2,4-5,10,15-16H,3,6-9,11,18H2. The van der Waals surface area contributed by atoms with Gasteiger partial charge < -0.3 is 15.4 Å². The molecule has 2 fully saturated rings. The van der Waals surface area contributed by atoms with Crippen LogP contribution in [0.25, 0.3) is 10.9 Å². The van der Waals surface area contributed by atoms with Gasteiger partial charge in [0.05, 0.1) is 24.3 Å². The summed E-state index contributed by atoms with van der Waals surface area (Å²) in [5, 5.41) is 1.17. The Morgan fingerprint density at radius 1 is 1.29 bits per heavy atom. The molecule has 2 N–H and O–H groups in total. The van der Waals surface area contributed by atoms with Gasteiger partial charge in [0.15, 0.2) is 0 Å². The summed E-state index contributed by atoms with van der Waals surface area (Å²) >= 11 is 0. The fraction of sp³-hybridized carbons (Fsp3) is 0.471. The van der Waals surface area contributed by atoms with Gasteiger partial charge in [-0.3, -0.25) is 0 Å². The van der Waals surface area contributed by atoms with Crippen LogP contribution in [0.3, 0.4) is 0 Å². The Morgan fingerprint density at radius 3 is 3.10 bits per heavy atom. The molecule has 2 heterocycles. The number of benzene rings is 1. The Morgan fingerprint density at radius 2 is 2.19 bits per heavy atom. The third kappa shape index (κ3) is 2.19. The Labute approximate surface area is 124 Å². The van der Waals surface area contributed by atoms with E-state index in [4.69, 9.17) is 15.5 Å². The lowest BCUT2D eigenvalue weighted by Gasteiger charge is -2.38. The van der Waals surface area contributed by atoms with Gasteiger partial charge in [-0.2, -0.15) is 0 Å². The first-order valence-corrected chi connectivity index (χ1v) is 7.84. The van der Waals surface area contributed by atoms with E-state index < -0.39 is 0 Å². The third-order valence-electron chi connectivity index (χ3n) is 4.78. The van der Waals surface area contributed by atoms with E-state index in [-0.39, 0.29) is 0 Å². The van der Waals surface area contributed by atoms with E-state index in [1.807, 2.05) is 12.1 Å². The Kier molecular flexibility index (Phi) is 3.28. The predicted octanol–water partition coefficient (Wildman–Crippen LogP) is 2.45. The van der Waals surface area contributed by atoms with Gasteiger partial charge in [-0.25, -0.2) is 4.98 Å². The maximum absolute atomic E-state index is 5.95. The van der Waals surface area contributed by atoms with Crippen molar-refractivity contribution in [2.45, 2.75) is 38.0 Å². The van der Waals surface area contributed by atoms with Crippen LogP contribution < -0.4 is 10.6 Å². The fourth-order valence-corrected chi connectivity index (χ4v) is 3.76. The van der Waals surface area contributed by atoms with Crippen LogP contribution in [0.1, 0.15) is 24.8 Å². The van der Waals surface area contributed by atoms with Gasteiger partial charge in [-0.1, -0.05) is 18.2 Å². The quantitative estimate of drug-likeness (QED) is 0.920. The van der Waals surface area contributed by atoms with E-state index in [1.54, 1.807) is 0 Å². The molecule has 0 amide bonds. The number of pyridine rings is 1. The second kappa shape index (κ2) is 5.28. The Balaban J connectivity index is 1.79. The van der Waals surface area contributed by atoms with Crippen molar-refractivity contribution >= 4 is 16.7 Å². The summed E-state index contributed by atoms with van der Waals surface area (Å²) in [5.41, 5.74) is 8.17. The van der Waals surface area contributed by atoms with Crippen LogP contribution in [0, 0.1) is 0 Å². The molecule has 2 aliphatic rings. The van der Waals surface area contributed by atoms with Crippen LogP contribution in [-0.4, -0.2) is 30.3 Å². The minimum atomic E-state index is 0.383. The maximum atomic E-state index is 5.95. The largest absolute Gasteiger partial charge is 0.374 e. The summed E-state index contributed by atoms with van der Waals surface area (Å²) in [7, 11) is 0. The van der Waals surface area contributed by atoms with Crippen molar-refractivity contribution in [1.82, 2.24) is 4.98 Å². The van der Waals surface area contributed by atoms with Gasteiger partial charge in [-0.15, -0.1) is 0 Å². The molecule has 2 aromatic rings. The fourth-order valence-electron chi connectivity index (χ4n) is 3.76. The van der Waals surface area contributed by atoms with Crippen molar-refractivity contribution in [2.24, 2.45) is 5.73 Å². The van der Waals surface area contributed by atoms with Crippen LogP contribution in [0.5, 0.6) is 0 Å². The predicted molar refractivity (Wildman–Crippen MR) is 84.4 cm³/mol. The highest BCUT2D eigenvalue weighted by Crippen LogP contribution is 2.33. The summed E-state index contributed by atoms with van der Waals surface area (Å²) in [5.74, 6) is 1.06. The lowest BCUT2D eigenvalue weighted by molar-refractivity contribution is 0.0253. The van der Waals surface area contributed by atoms with Gasteiger partial charge >= 0.3 is 0 Å². The van der Waals surface area contributed by atoms with Crippen LogP contribution in [-0.2, 0) is 11.3 Å². The summed E-state index contributed by atoms with van der Waals surface area (Å²) in [6.45, 7) is 2.28. The van der Waals surface area contributed by atoms with E-state index in [2.05, 4.69) is 23.1 Å². The zero-order valence-electron chi connectivity index (χ0n) is 12.2. The molecule has 21 heavy (non-hydrogen) atoms. The number of morpholine rings is 1. The van der Waals surface area contributed by atoms with E-state index in [9.17, 15) is 0 Å². The highest BCUT2D eigenvalue weighted by Gasteiger charge is 2.36. The first kappa shape index (κ1) is 13.0. The zero-order chi connectivity index (χ0) is 14.2. The van der Waals surface area contributed by atoms with Crippen molar-refractivity contribution in [3.05, 3.63) is 35.9 Å². The number of para-hydroxylation sites is 1. The van der Waals surface area contributed by atoms with E-state index >= 15 is 0 Å². The number of hydrogen-bond donors (Lipinski definition) is 1. The molecule has 110 valence electrons.